The number of ether oxygens (including phenoxy) is 1. The minimum absolute atomic E-state index is 0.233. The Bertz CT molecular complexity index is 455. The van der Waals surface area contributed by atoms with Crippen LogP contribution in [0.2, 0.25) is 0 Å². The average Bonchev–Trinajstić information content (AvgIpc) is 2.42. The molecule has 0 aromatic heterocycles. The van der Waals surface area contributed by atoms with Crippen molar-refractivity contribution in [3.05, 3.63) is 34.3 Å². The molecule has 0 aliphatic heterocycles. The lowest BCUT2D eigenvalue weighted by Gasteiger charge is -2.26. The van der Waals surface area contributed by atoms with Crippen LogP contribution in [0, 0.1) is 0 Å². The second-order valence-electron chi connectivity index (χ2n) is 6.22. The molecule has 0 radical (unpaired) electrons. The zero-order valence-corrected chi connectivity index (χ0v) is 15.6. The van der Waals surface area contributed by atoms with Gasteiger partial charge in [0.2, 0.25) is 0 Å². The maximum absolute atomic E-state index is 12.0. The van der Waals surface area contributed by atoms with Crippen LogP contribution in [0.15, 0.2) is 28.7 Å². The van der Waals surface area contributed by atoms with E-state index in [-0.39, 0.29) is 6.09 Å². The quantitative estimate of drug-likeness (QED) is 0.731. The van der Waals surface area contributed by atoms with E-state index in [0.29, 0.717) is 13.1 Å². The molecule has 0 saturated carbocycles. The molecule has 0 atom stereocenters. The summed E-state index contributed by atoms with van der Waals surface area (Å²) in [4.78, 5) is 13.7. The standard InChI is InChI=1S/C17H27BrN2O2/c1-5-20(16(21)22-17(2,3)4)12-6-11-19-13-14-7-9-15(18)10-8-14/h7-10,19H,5-6,11-13H2,1-4H3. The van der Waals surface area contributed by atoms with Crippen molar-refractivity contribution in [3.8, 4) is 0 Å². The predicted molar refractivity (Wildman–Crippen MR) is 93.9 cm³/mol. The monoisotopic (exact) mass is 370 g/mol. The van der Waals surface area contributed by atoms with Crippen LogP contribution in [0.4, 0.5) is 4.79 Å². The van der Waals surface area contributed by atoms with Gasteiger partial charge >= 0.3 is 6.09 Å². The summed E-state index contributed by atoms with van der Waals surface area (Å²) < 4.78 is 6.48. The summed E-state index contributed by atoms with van der Waals surface area (Å²) in [5.74, 6) is 0. The van der Waals surface area contributed by atoms with Crippen molar-refractivity contribution in [1.29, 1.82) is 0 Å². The van der Waals surface area contributed by atoms with Gasteiger partial charge in [0.05, 0.1) is 0 Å². The lowest BCUT2D eigenvalue weighted by atomic mass is 10.2. The summed E-state index contributed by atoms with van der Waals surface area (Å²) in [6, 6.07) is 8.27. The number of carbonyl (C=O) groups is 1. The van der Waals surface area contributed by atoms with Crippen LogP contribution in [-0.2, 0) is 11.3 Å². The van der Waals surface area contributed by atoms with Gasteiger partial charge in [-0.1, -0.05) is 28.1 Å². The fourth-order valence-corrected chi connectivity index (χ4v) is 2.20. The first-order valence-corrected chi connectivity index (χ1v) is 8.54. The first-order chi connectivity index (χ1) is 10.3. The van der Waals surface area contributed by atoms with E-state index in [4.69, 9.17) is 4.74 Å². The Morgan fingerprint density at radius 2 is 1.91 bits per heavy atom. The Hall–Kier alpha value is -1.07. The van der Waals surface area contributed by atoms with Gasteiger partial charge in [-0.25, -0.2) is 4.79 Å². The van der Waals surface area contributed by atoms with Crippen molar-refractivity contribution >= 4 is 22.0 Å². The van der Waals surface area contributed by atoms with E-state index < -0.39 is 5.60 Å². The van der Waals surface area contributed by atoms with Gasteiger partial charge in [-0.05, 0) is 58.4 Å². The fourth-order valence-electron chi connectivity index (χ4n) is 1.93. The largest absolute Gasteiger partial charge is 0.444 e. The number of benzene rings is 1. The zero-order valence-electron chi connectivity index (χ0n) is 14.0. The van der Waals surface area contributed by atoms with Crippen molar-refractivity contribution in [2.75, 3.05) is 19.6 Å². The number of hydrogen-bond donors (Lipinski definition) is 1. The average molecular weight is 371 g/mol. The molecule has 0 fully saturated rings. The van der Waals surface area contributed by atoms with Gasteiger partial charge in [0.15, 0.2) is 0 Å². The van der Waals surface area contributed by atoms with Crippen molar-refractivity contribution in [2.45, 2.75) is 46.3 Å². The summed E-state index contributed by atoms with van der Waals surface area (Å²) >= 11 is 3.43. The summed E-state index contributed by atoms with van der Waals surface area (Å²) in [5, 5.41) is 3.39. The van der Waals surface area contributed by atoms with Crippen LogP contribution >= 0.6 is 15.9 Å². The highest BCUT2D eigenvalue weighted by Crippen LogP contribution is 2.11. The third-order valence-electron chi connectivity index (χ3n) is 3.06. The number of nitrogens with zero attached hydrogens (tertiary/aromatic N) is 1. The SMILES string of the molecule is CCN(CCCNCc1ccc(Br)cc1)C(=O)OC(C)(C)C. The molecule has 1 N–H and O–H groups in total. The lowest BCUT2D eigenvalue weighted by molar-refractivity contribution is 0.0258. The zero-order chi connectivity index (χ0) is 16.6. The molecule has 1 aromatic rings. The maximum atomic E-state index is 12.0. The molecule has 4 nitrogen and oxygen atoms in total. The number of hydrogen-bond acceptors (Lipinski definition) is 3. The van der Waals surface area contributed by atoms with Crippen LogP contribution in [0.3, 0.4) is 0 Å². The minimum Gasteiger partial charge on any atom is -0.444 e. The van der Waals surface area contributed by atoms with E-state index in [2.05, 4.69) is 33.4 Å². The second-order valence-corrected chi connectivity index (χ2v) is 7.13. The Balaban J connectivity index is 2.24. The number of halogens is 1. The molecule has 0 saturated heterocycles. The number of nitrogens with one attached hydrogen (secondary N) is 1. The first kappa shape index (κ1) is 19.0. The van der Waals surface area contributed by atoms with Gasteiger partial charge in [-0.15, -0.1) is 0 Å². The Kier molecular flexibility index (Phi) is 7.90. The van der Waals surface area contributed by atoms with E-state index in [0.717, 1.165) is 24.0 Å². The van der Waals surface area contributed by atoms with Gasteiger partial charge in [0.25, 0.3) is 0 Å². The molecule has 124 valence electrons. The van der Waals surface area contributed by atoms with E-state index in [1.54, 1.807) is 4.90 Å². The summed E-state index contributed by atoms with van der Waals surface area (Å²) in [6.45, 7) is 10.7. The highest BCUT2D eigenvalue weighted by molar-refractivity contribution is 9.10. The lowest BCUT2D eigenvalue weighted by Crippen LogP contribution is -2.38. The molecule has 0 bridgehead atoms. The fraction of sp³-hybridized carbons (Fsp3) is 0.588. The van der Waals surface area contributed by atoms with Crippen LogP contribution < -0.4 is 5.32 Å². The van der Waals surface area contributed by atoms with Crippen LogP contribution in [0.25, 0.3) is 0 Å². The third kappa shape index (κ3) is 7.80. The first-order valence-electron chi connectivity index (χ1n) is 7.75. The molecule has 0 unspecified atom stereocenters. The van der Waals surface area contributed by atoms with Crippen LogP contribution in [-0.4, -0.2) is 36.2 Å². The van der Waals surface area contributed by atoms with Gasteiger partial charge in [-0.3, -0.25) is 0 Å². The predicted octanol–water partition coefficient (Wildman–Crippen LogP) is 4.19. The second kappa shape index (κ2) is 9.16. The summed E-state index contributed by atoms with van der Waals surface area (Å²) in [6.07, 6.45) is 0.673. The van der Waals surface area contributed by atoms with Gasteiger partial charge in [0.1, 0.15) is 5.60 Å². The van der Waals surface area contributed by atoms with Crippen molar-refractivity contribution in [3.63, 3.8) is 0 Å². The molecular weight excluding hydrogens is 344 g/mol. The summed E-state index contributed by atoms with van der Waals surface area (Å²) in [5.41, 5.74) is 0.812. The minimum atomic E-state index is -0.440. The van der Waals surface area contributed by atoms with Crippen molar-refractivity contribution in [2.24, 2.45) is 0 Å². The number of amides is 1. The molecule has 1 rings (SSSR count). The van der Waals surface area contributed by atoms with Crippen molar-refractivity contribution in [1.82, 2.24) is 10.2 Å². The topological polar surface area (TPSA) is 41.6 Å². The van der Waals surface area contributed by atoms with Gasteiger partial charge in [-0.2, -0.15) is 0 Å². The molecular formula is C17H27BrN2O2. The molecule has 1 amide bonds. The normalized spacial score (nSPS) is 11.3. The highest BCUT2D eigenvalue weighted by Gasteiger charge is 2.20. The Labute approximate surface area is 142 Å². The number of rotatable bonds is 7. The van der Waals surface area contributed by atoms with Crippen molar-refractivity contribution < 1.29 is 9.53 Å². The molecule has 0 aliphatic carbocycles. The molecule has 22 heavy (non-hydrogen) atoms. The smallest absolute Gasteiger partial charge is 0.410 e. The maximum Gasteiger partial charge on any atom is 0.410 e. The van der Waals surface area contributed by atoms with E-state index in [9.17, 15) is 4.79 Å². The van der Waals surface area contributed by atoms with E-state index in [1.165, 1.54) is 5.56 Å². The molecule has 0 heterocycles. The van der Waals surface area contributed by atoms with Crippen LogP contribution in [0.5, 0.6) is 0 Å². The van der Waals surface area contributed by atoms with E-state index in [1.807, 2.05) is 39.8 Å². The van der Waals surface area contributed by atoms with Crippen LogP contribution in [0.1, 0.15) is 39.7 Å². The molecule has 1 aromatic carbocycles. The van der Waals surface area contributed by atoms with Gasteiger partial charge < -0.3 is 15.0 Å². The van der Waals surface area contributed by atoms with E-state index >= 15 is 0 Å². The number of carbonyl (C=O) groups excluding carboxylic acids is 1. The Morgan fingerprint density at radius 3 is 2.45 bits per heavy atom. The molecule has 5 heteroatoms. The molecule has 0 spiro atoms. The highest BCUT2D eigenvalue weighted by atomic mass is 79.9. The third-order valence-corrected chi connectivity index (χ3v) is 3.59. The van der Waals surface area contributed by atoms with Gasteiger partial charge in [0, 0.05) is 24.1 Å². The molecule has 0 aliphatic rings. The Morgan fingerprint density at radius 1 is 1.27 bits per heavy atom. The summed E-state index contributed by atoms with van der Waals surface area (Å²) in [7, 11) is 0.